The highest BCUT2D eigenvalue weighted by Gasteiger charge is 2.44. The predicted molar refractivity (Wildman–Crippen MR) is 68.1 cm³/mol. The number of fused-ring (bicyclic) bond motifs is 1. The minimum Gasteiger partial charge on any atom is -0.386 e. The Balaban J connectivity index is 2.30. The second kappa shape index (κ2) is 4.03. The van der Waals surface area contributed by atoms with E-state index in [2.05, 4.69) is 26.5 Å². The summed E-state index contributed by atoms with van der Waals surface area (Å²) < 4.78 is 0. The fourth-order valence-electron chi connectivity index (χ4n) is 3.64. The van der Waals surface area contributed by atoms with E-state index in [9.17, 15) is 5.11 Å². The molecule has 1 N–H and O–H groups in total. The summed E-state index contributed by atoms with van der Waals surface area (Å²) >= 11 is 0. The molecular formula is C15H24O. The van der Waals surface area contributed by atoms with E-state index in [0.717, 1.165) is 12.3 Å². The van der Waals surface area contributed by atoms with Gasteiger partial charge in [-0.05, 0) is 44.4 Å². The molecule has 0 aromatic carbocycles. The van der Waals surface area contributed by atoms with Crippen LogP contribution in [-0.4, -0.2) is 10.7 Å². The molecule has 0 spiro atoms. The van der Waals surface area contributed by atoms with Gasteiger partial charge in [-0.15, -0.1) is 0 Å². The van der Waals surface area contributed by atoms with Gasteiger partial charge in [0.2, 0.25) is 0 Å². The molecule has 90 valence electrons. The van der Waals surface area contributed by atoms with Crippen molar-refractivity contribution in [3.8, 4) is 0 Å². The van der Waals surface area contributed by atoms with Crippen LogP contribution in [0.25, 0.3) is 0 Å². The quantitative estimate of drug-likeness (QED) is 0.670. The normalized spacial score (nSPS) is 47.5. The van der Waals surface area contributed by atoms with Gasteiger partial charge in [0.15, 0.2) is 0 Å². The topological polar surface area (TPSA) is 20.2 Å². The standard InChI is InChI=1S/C15H24O/c1-10(2)12-7-8-15(4,16)14-6-5-11(3)9-13(12)14/h7-8,11-14,16H,1,5-6,9H2,2-4H3/t11-,12-,13-,14+,15-/m1/s1. The third-order valence-electron chi connectivity index (χ3n) is 4.58. The van der Waals surface area contributed by atoms with Gasteiger partial charge in [-0.25, -0.2) is 0 Å². The van der Waals surface area contributed by atoms with Crippen LogP contribution in [0.2, 0.25) is 0 Å². The second-order valence-corrected chi connectivity index (χ2v) is 6.15. The second-order valence-electron chi connectivity index (χ2n) is 6.15. The van der Waals surface area contributed by atoms with Gasteiger partial charge in [0.25, 0.3) is 0 Å². The van der Waals surface area contributed by atoms with Gasteiger partial charge >= 0.3 is 0 Å². The molecule has 16 heavy (non-hydrogen) atoms. The van der Waals surface area contributed by atoms with E-state index in [1.807, 2.05) is 13.0 Å². The summed E-state index contributed by atoms with van der Waals surface area (Å²) in [6.07, 6.45) is 7.84. The van der Waals surface area contributed by atoms with Crippen LogP contribution in [0.1, 0.15) is 40.0 Å². The van der Waals surface area contributed by atoms with Crippen molar-refractivity contribution < 1.29 is 5.11 Å². The van der Waals surface area contributed by atoms with Gasteiger partial charge in [-0.3, -0.25) is 0 Å². The van der Waals surface area contributed by atoms with Crippen molar-refractivity contribution in [3.63, 3.8) is 0 Å². The molecule has 0 radical (unpaired) electrons. The molecule has 0 bridgehead atoms. The molecule has 2 aliphatic carbocycles. The average molecular weight is 220 g/mol. The highest BCUT2D eigenvalue weighted by molar-refractivity contribution is 5.20. The van der Waals surface area contributed by atoms with Crippen LogP contribution in [0, 0.1) is 23.7 Å². The molecule has 2 rings (SSSR count). The largest absolute Gasteiger partial charge is 0.386 e. The number of hydrogen-bond donors (Lipinski definition) is 1. The van der Waals surface area contributed by atoms with E-state index in [-0.39, 0.29) is 0 Å². The van der Waals surface area contributed by atoms with E-state index in [0.29, 0.717) is 17.8 Å². The molecule has 1 heteroatoms. The zero-order valence-corrected chi connectivity index (χ0v) is 10.7. The van der Waals surface area contributed by atoms with E-state index in [4.69, 9.17) is 0 Å². The Bertz CT molecular complexity index is 313. The van der Waals surface area contributed by atoms with Crippen molar-refractivity contribution >= 4 is 0 Å². The summed E-state index contributed by atoms with van der Waals surface area (Å²) in [7, 11) is 0. The molecule has 0 amide bonds. The Morgan fingerprint density at radius 1 is 1.44 bits per heavy atom. The van der Waals surface area contributed by atoms with E-state index in [1.165, 1.54) is 18.4 Å². The van der Waals surface area contributed by atoms with E-state index >= 15 is 0 Å². The Hall–Kier alpha value is -0.560. The molecule has 0 saturated heterocycles. The SMILES string of the molecule is C=C(C)[C@H]1C=C[C@@](C)(O)[C@H]2CC[C@@H](C)C[C@H]12. The Morgan fingerprint density at radius 3 is 2.75 bits per heavy atom. The Labute approximate surface area is 99.3 Å². The van der Waals surface area contributed by atoms with Crippen molar-refractivity contribution in [3.05, 3.63) is 24.3 Å². The minimum atomic E-state index is -0.600. The van der Waals surface area contributed by atoms with Crippen molar-refractivity contribution in [1.29, 1.82) is 0 Å². The molecule has 0 heterocycles. The van der Waals surface area contributed by atoms with Gasteiger partial charge in [0, 0.05) is 5.92 Å². The molecule has 0 unspecified atom stereocenters. The monoisotopic (exact) mass is 220 g/mol. The van der Waals surface area contributed by atoms with Crippen LogP contribution in [-0.2, 0) is 0 Å². The first-order valence-corrected chi connectivity index (χ1v) is 6.49. The Morgan fingerprint density at radius 2 is 2.12 bits per heavy atom. The van der Waals surface area contributed by atoms with Gasteiger partial charge in [-0.1, -0.05) is 37.6 Å². The zero-order valence-electron chi connectivity index (χ0n) is 10.7. The highest BCUT2D eigenvalue weighted by atomic mass is 16.3. The maximum absolute atomic E-state index is 10.4. The molecule has 1 nitrogen and oxygen atoms in total. The number of hydrogen-bond acceptors (Lipinski definition) is 1. The molecule has 1 fully saturated rings. The Kier molecular flexibility index (Phi) is 3.00. The van der Waals surface area contributed by atoms with Crippen LogP contribution in [0.5, 0.6) is 0 Å². The fourth-order valence-corrected chi connectivity index (χ4v) is 3.64. The van der Waals surface area contributed by atoms with Crippen molar-refractivity contribution in [2.75, 3.05) is 0 Å². The molecule has 1 saturated carbocycles. The fraction of sp³-hybridized carbons (Fsp3) is 0.733. The predicted octanol–water partition coefficient (Wildman–Crippen LogP) is 3.55. The molecule has 2 aliphatic rings. The molecule has 0 aromatic heterocycles. The van der Waals surface area contributed by atoms with E-state index in [1.54, 1.807) is 0 Å². The first-order chi connectivity index (χ1) is 7.42. The summed E-state index contributed by atoms with van der Waals surface area (Å²) in [5, 5.41) is 10.4. The zero-order chi connectivity index (χ0) is 11.9. The highest BCUT2D eigenvalue weighted by Crippen LogP contribution is 2.48. The van der Waals surface area contributed by atoms with Crippen LogP contribution < -0.4 is 0 Å². The van der Waals surface area contributed by atoms with Crippen molar-refractivity contribution in [2.24, 2.45) is 23.7 Å². The smallest absolute Gasteiger partial charge is 0.0830 e. The summed E-state index contributed by atoms with van der Waals surface area (Å²) in [5.74, 6) is 2.30. The summed E-state index contributed by atoms with van der Waals surface area (Å²) in [5.41, 5.74) is 0.646. The van der Waals surface area contributed by atoms with Crippen LogP contribution >= 0.6 is 0 Å². The van der Waals surface area contributed by atoms with Crippen LogP contribution in [0.15, 0.2) is 24.3 Å². The lowest BCUT2D eigenvalue weighted by molar-refractivity contribution is -0.0297. The van der Waals surface area contributed by atoms with Crippen molar-refractivity contribution in [2.45, 2.75) is 45.6 Å². The summed E-state index contributed by atoms with van der Waals surface area (Å²) in [6, 6.07) is 0. The van der Waals surface area contributed by atoms with Crippen molar-refractivity contribution in [1.82, 2.24) is 0 Å². The maximum Gasteiger partial charge on any atom is 0.0830 e. The average Bonchev–Trinajstić information content (AvgIpc) is 2.16. The van der Waals surface area contributed by atoms with Crippen LogP contribution in [0.4, 0.5) is 0 Å². The maximum atomic E-state index is 10.4. The molecule has 0 aromatic rings. The third kappa shape index (κ3) is 1.98. The van der Waals surface area contributed by atoms with Gasteiger partial charge in [0.05, 0.1) is 5.60 Å². The first-order valence-electron chi connectivity index (χ1n) is 6.49. The molecular weight excluding hydrogens is 196 g/mol. The van der Waals surface area contributed by atoms with Gasteiger partial charge in [0.1, 0.15) is 0 Å². The lowest BCUT2D eigenvalue weighted by Gasteiger charge is -2.47. The lowest BCUT2D eigenvalue weighted by atomic mass is 9.59. The number of rotatable bonds is 1. The van der Waals surface area contributed by atoms with Gasteiger partial charge in [-0.2, -0.15) is 0 Å². The molecule has 0 aliphatic heterocycles. The lowest BCUT2D eigenvalue weighted by Crippen LogP contribution is -2.46. The first kappa shape index (κ1) is 11.9. The van der Waals surface area contributed by atoms with Crippen LogP contribution in [0.3, 0.4) is 0 Å². The minimum absolute atomic E-state index is 0.426. The summed E-state index contributed by atoms with van der Waals surface area (Å²) in [4.78, 5) is 0. The van der Waals surface area contributed by atoms with Gasteiger partial charge < -0.3 is 5.11 Å². The number of allylic oxidation sites excluding steroid dienone is 2. The van der Waals surface area contributed by atoms with E-state index < -0.39 is 5.60 Å². The third-order valence-corrected chi connectivity index (χ3v) is 4.58. The number of aliphatic hydroxyl groups is 1. The molecule has 5 atom stereocenters. The summed E-state index contributed by atoms with van der Waals surface area (Å²) in [6.45, 7) is 10.5.